The van der Waals surface area contributed by atoms with E-state index in [-0.39, 0.29) is 40.1 Å². The number of aromatic hydroxyl groups is 2. The minimum Gasteiger partial charge on any atom is -0.507 e. The van der Waals surface area contributed by atoms with Gasteiger partial charge in [-0.2, -0.15) is 0 Å². The molecule has 0 spiro atoms. The van der Waals surface area contributed by atoms with Crippen molar-refractivity contribution in [2.24, 2.45) is 0 Å². The topological polar surface area (TPSA) is 189 Å². The molecule has 0 radical (unpaired) electrons. The van der Waals surface area contributed by atoms with Gasteiger partial charge in [-0.25, -0.2) is 9.59 Å². The second-order valence-corrected chi connectivity index (χ2v) is 9.03. The third kappa shape index (κ3) is 7.10. The number of thioether (sulfide) groups is 1. The van der Waals surface area contributed by atoms with Crippen molar-refractivity contribution >= 4 is 40.1 Å². The fourth-order valence-electron chi connectivity index (χ4n) is 3.09. The Balaban J connectivity index is 2.21. The number of aliphatic hydroxyl groups excluding tert-OH is 4. The predicted octanol–water partition coefficient (Wildman–Crippen LogP) is 0.996. The monoisotopic (exact) mass is 504 g/mol. The van der Waals surface area contributed by atoms with E-state index in [0.717, 1.165) is 17.8 Å². The molecule has 0 aliphatic rings. The number of halogens is 1. The number of hydrogen-bond donors (Lipinski definition) is 7. The molecule has 5 unspecified atom stereocenters. The third-order valence-electron chi connectivity index (χ3n) is 4.68. The van der Waals surface area contributed by atoms with E-state index < -0.39 is 52.8 Å². The van der Waals surface area contributed by atoms with Gasteiger partial charge < -0.3 is 40.2 Å². The standard InChI is InChI=1S/C21H25ClO10S/c1-9(23)5-15(27)19(33-8-16(28)20(29)30)12(24)4-2-3-10-6-11-17(21(31)32-10)13(25)7-14(26)18(11)22/h2,4,6-7,9,12,15-16,19,23-28H,3,5,8H2,1H3,(H,29,30). The number of allylic oxidation sites excluding steroid dienone is 1. The fourth-order valence-corrected chi connectivity index (χ4v) is 4.46. The molecule has 2 rings (SSSR count). The van der Waals surface area contributed by atoms with Gasteiger partial charge in [0, 0.05) is 30.0 Å². The average Bonchev–Trinajstić information content (AvgIpc) is 2.70. The van der Waals surface area contributed by atoms with E-state index in [9.17, 15) is 40.2 Å². The van der Waals surface area contributed by atoms with E-state index in [0.29, 0.717) is 0 Å². The normalized spacial score (nSPS) is 16.5. The van der Waals surface area contributed by atoms with Crippen LogP contribution in [0.3, 0.4) is 0 Å². The zero-order chi connectivity index (χ0) is 24.9. The van der Waals surface area contributed by atoms with Crippen LogP contribution in [0.1, 0.15) is 19.1 Å². The number of rotatable bonds is 11. The van der Waals surface area contributed by atoms with Crippen LogP contribution < -0.4 is 5.63 Å². The minimum absolute atomic E-state index is 0.00335. The number of hydrogen-bond acceptors (Lipinski definition) is 10. The molecule has 0 saturated heterocycles. The third-order valence-corrected chi connectivity index (χ3v) is 6.56. The van der Waals surface area contributed by atoms with E-state index in [1.165, 1.54) is 25.1 Å². The first-order chi connectivity index (χ1) is 15.4. The molecule has 0 aliphatic heterocycles. The van der Waals surface area contributed by atoms with Crippen LogP contribution in [0, 0.1) is 0 Å². The summed E-state index contributed by atoms with van der Waals surface area (Å²) in [6, 6.07) is 2.28. The van der Waals surface area contributed by atoms with Crippen molar-refractivity contribution in [2.75, 3.05) is 5.75 Å². The molecule has 182 valence electrons. The highest BCUT2D eigenvalue weighted by molar-refractivity contribution is 8.00. The summed E-state index contributed by atoms with van der Waals surface area (Å²) >= 11 is 6.85. The quantitative estimate of drug-likeness (QED) is 0.216. The smallest absolute Gasteiger partial charge is 0.347 e. The highest BCUT2D eigenvalue weighted by Crippen LogP contribution is 2.36. The first-order valence-electron chi connectivity index (χ1n) is 9.82. The van der Waals surface area contributed by atoms with Gasteiger partial charge in [-0.15, -0.1) is 11.8 Å². The SMILES string of the molecule is CC(O)CC(O)C(SCC(O)C(=O)O)C(O)C=CCc1cc2c(Cl)c(O)cc(O)c2c(=O)o1. The number of benzene rings is 1. The van der Waals surface area contributed by atoms with E-state index in [1.807, 2.05) is 0 Å². The summed E-state index contributed by atoms with van der Waals surface area (Å²) in [4.78, 5) is 23.0. The number of phenolic OH excluding ortho intramolecular Hbond substituents is 2. The molecule has 1 heterocycles. The first-order valence-corrected chi connectivity index (χ1v) is 11.3. The highest BCUT2D eigenvalue weighted by Gasteiger charge is 2.29. The summed E-state index contributed by atoms with van der Waals surface area (Å²) < 4.78 is 5.14. The van der Waals surface area contributed by atoms with Crippen molar-refractivity contribution < 1.29 is 45.0 Å². The first kappa shape index (κ1) is 27.0. The molecule has 0 aliphatic carbocycles. The van der Waals surface area contributed by atoms with Crippen molar-refractivity contribution in [1.29, 1.82) is 0 Å². The molecule has 2 aromatic rings. The van der Waals surface area contributed by atoms with Crippen molar-refractivity contribution in [3.05, 3.63) is 45.5 Å². The summed E-state index contributed by atoms with van der Waals surface area (Å²) in [6.45, 7) is 1.45. The number of phenols is 2. The number of carboxylic acids is 1. The molecule has 0 amide bonds. The van der Waals surface area contributed by atoms with Crippen LogP contribution in [0.4, 0.5) is 0 Å². The van der Waals surface area contributed by atoms with Crippen molar-refractivity contribution in [1.82, 2.24) is 0 Å². The van der Waals surface area contributed by atoms with Gasteiger partial charge >= 0.3 is 11.6 Å². The molecule has 7 N–H and O–H groups in total. The van der Waals surface area contributed by atoms with Gasteiger partial charge in [-0.1, -0.05) is 23.8 Å². The van der Waals surface area contributed by atoms with Crippen LogP contribution in [-0.2, 0) is 11.2 Å². The van der Waals surface area contributed by atoms with E-state index in [2.05, 4.69) is 0 Å². The van der Waals surface area contributed by atoms with Crippen molar-refractivity contribution in [2.45, 2.75) is 49.4 Å². The molecule has 33 heavy (non-hydrogen) atoms. The lowest BCUT2D eigenvalue weighted by molar-refractivity contribution is -0.145. The van der Waals surface area contributed by atoms with Gasteiger partial charge in [0.2, 0.25) is 0 Å². The molecule has 10 nitrogen and oxygen atoms in total. The fraction of sp³-hybridized carbons (Fsp3) is 0.429. The number of fused-ring (bicyclic) bond motifs is 1. The Morgan fingerprint density at radius 3 is 2.45 bits per heavy atom. The lowest BCUT2D eigenvalue weighted by Gasteiger charge is -2.26. The van der Waals surface area contributed by atoms with Gasteiger partial charge in [-0.05, 0) is 13.0 Å². The van der Waals surface area contributed by atoms with Crippen molar-refractivity contribution in [3.8, 4) is 11.5 Å². The van der Waals surface area contributed by atoms with Gasteiger partial charge in [0.05, 0.1) is 28.6 Å². The molecule has 1 aromatic heterocycles. The van der Waals surface area contributed by atoms with Crippen LogP contribution in [0.25, 0.3) is 10.8 Å². The Labute approximate surface area is 197 Å². The van der Waals surface area contributed by atoms with Crippen LogP contribution in [-0.4, -0.2) is 77.1 Å². The van der Waals surface area contributed by atoms with E-state index in [4.69, 9.17) is 21.1 Å². The minimum atomic E-state index is -1.70. The molecule has 0 bridgehead atoms. The summed E-state index contributed by atoms with van der Waals surface area (Å²) in [5.41, 5.74) is -0.876. The van der Waals surface area contributed by atoms with Crippen LogP contribution in [0.5, 0.6) is 11.5 Å². The van der Waals surface area contributed by atoms with Gasteiger partial charge in [-0.3, -0.25) is 0 Å². The lowest BCUT2D eigenvalue weighted by Crippen LogP contribution is -2.37. The van der Waals surface area contributed by atoms with Crippen LogP contribution in [0.15, 0.2) is 33.5 Å². The average molecular weight is 505 g/mol. The van der Waals surface area contributed by atoms with Crippen molar-refractivity contribution in [3.63, 3.8) is 0 Å². The molecular formula is C21H25ClO10S. The van der Waals surface area contributed by atoms with E-state index >= 15 is 0 Å². The zero-order valence-corrected chi connectivity index (χ0v) is 19.0. The van der Waals surface area contributed by atoms with Gasteiger partial charge in [0.25, 0.3) is 0 Å². The molecule has 5 atom stereocenters. The summed E-state index contributed by atoms with van der Waals surface area (Å²) in [7, 11) is 0. The van der Waals surface area contributed by atoms with Gasteiger partial charge in [0.1, 0.15) is 22.6 Å². The molecule has 0 fully saturated rings. The maximum atomic E-state index is 12.2. The summed E-state index contributed by atoms with van der Waals surface area (Å²) in [6.07, 6.45) is -2.45. The number of carboxylic acid groups (broad SMARTS) is 1. The maximum absolute atomic E-state index is 12.2. The Kier molecular flexibility index (Phi) is 9.58. The lowest BCUT2D eigenvalue weighted by atomic mass is 10.0. The Bertz CT molecular complexity index is 1070. The molecule has 12 heteroatoms. The van der Waals surface area contributed by atoms with Crippen LogP contribution in [0.2, 0.25) is 5.02 Å². The molecule has 1 aromatic carbocycles. The highest BCUT2D eigenvalue weighted by atomic mass is 35.5. The Hall–Kier alpha value is -2.28. The second-order valence-electron chi connectivity index (χ2n) is 7.44. The number of carbonyl (C=O) groups is 1. The number of aliphatic hydroxyl groups is 4. The van der Waals surface area contributed by atoms with Gasteiger partial charge in [0.15, 0.2) is 6.10 Å². The summed E-state index contributed by atoms with van der Waals surface area (Å²) in [5.74, 6) is -2.54. The zero-order valence-electron chi connectivity index (χ0n) is 17.5. The van der Waals surface area contributed by atoms with E-state index in [1.54, 1.807) is 0 Å². The molecular weight excluding hydrogens is 480 g/mol. The summed E-state index contributed by atoms with van der Waals surface area (Å²) in [5, 5.41) is 67.1. The molecule has 0 saturated carbocycles. The Morgan fingerprint density at radius 1 is 1.18 bits per heavy atom. The van der Waals surface area contributed by atoms with Crippen LogP contribution >= 0.6 is 23.4 Å². The number of aliphatic carboxylic acids is 1. The Morgan fingerprint density at radius 2 is 1.85 bits per heavy atom. The largest absolute Gasteiger partial charge is 0.507 e. The second kappa shape index (κ2) is 11.7. The maximum Gasteiger partial charge on any atom is 0.347 e. The predicted molar refractivity (Wildman–Crippen MR) is 122 cm³/mol.